The van der Waals surface area contributed by atoms with Gasteiger partial charge in [-0.3, -0.25) is 4.72 Å². The van der Waals surface area contributed by atoms with Crippen molar-refractivity contribution in [2.75, 3.05) is 4.72 Å². The number of hydrogen-bond acceptors (Lipinski definition) is 6. The summed E-state index contributed by atoms with van der Waals surface area (Å²) in [6.45, 7) is 1.58. The Kier molecular flexibility index (Phi) is 4.13. The molecule has 0 radical (unpaired) electrons. The van der Waals surface area contributed by atoms with Gasteiger partial charge in [0.1, 0.15) is 5.01 Å². The summed E-state index contributed by atoms with van der Waals surface area (Å²) in [6, 6.07) is 6.28. The smallest absolute Gasteiger partial charge is 0.264 e. The molecule has 0 atom stereocenters. The highest BCUT2D eigenvalue weighted by molar-refractivity contribution is 7.93. The Labute approximate surface area is 115 Å². The van der Waals surface area contributed by atoms with Gasteiger partial charge in [-0.15, -0.1) is 10.2 Å². The lowest BCUT2D eigenvalue weighted by atomic mass is 10.2. The zero-order valence-electron chi connectivity index (χ0n) is 10.2. The molecule has 2 N–H and O–H groups in total. The number of aliphatic hydroxyl groups is 1. The van der Waals surface area contributed by atoms with Crippen molar-refractivity contribution in [2.45, 2.75) is 24.8 Å². The summed E-state index contributed by atoms with van der Waals surface area (Å²) >= 11 is 1.19. The minimum atomic E-state index is -3.75. The monoisotopic (exact) mass is 299 g/mol. The molecule has 8 heteroatoms. The lowest BCUT2D eigenvalue weighted by Crippen LogP contribution is -2.14. The number of nitrogens with zero attached hydrogens (tertiary/aromatic N) is 2. The molecule has 2 rings (SSSR count). The Balaban J connectivity index is 2.32. The van der Waals surface area contributed by atoms with Crippen LogP contribution in [0.5, 0.6) is 0 Å². The van der Waals surface area contributed by atoms with Gasteiger partial charge in [0.25, 0.3) is 10.0 Å². The Morgan fingerprint density at radius 3 is 2.68 bits per heavy atom. The molecule has 0 fully saturated rings. The van der Waals surface area contributed by atoms with E-state index in [1.807, 2.05) is 6.92 Å². The van der Waals surface area contributed by atoms with Crippen LogP contribution in [0.1, 0.15) is 17.5 Å². The largest absolute Gasteiger partial charge is 0.392 e. The molecule has 0 spiro atoms. The zero-order valence-corrected chi connectivity index (χ0v) is 11.8. The van der Waals surface area contributed by atoms with Crippen LogP contribution in [0, 0.1) is 0 Å². The molecule has 6 nitrogen and oxygen atoms in total. The number of nitrogens with one attached hydrogen (secondary N) is 1. The lowest BCUT2D eigenvalue weighted by molar-refractivity contribution is 0.278. The number of anilines is 1. The predicted molar refractivity (Wildman–Crippen MR) is 72.5 cm³/mol. The van der Waals surface area contributed by atoms with Gasteiger partial charge in [-0.05, 0) is 18.1 Å². The maximum atomic E-state index is 12.2. The average Bonchev–Trinajstić information content (AvgIpc) is 2.85. The summed E-state index contributed by atoms with van der Waals surface area (Å²) < 4.78 is 26.8. The lowest BCUT2D eigenvalue weighted by Gasteiger charge is -2.08. The molecule has 1 aromatic heterocycles. The molecule has 0 amide bonds. The number of aromatic nitrogens is 2. The fraction of sp³-hybridized carbons (Fsp3) is 0.273. The van der Waals surface area contributed by atoms with E-state index in [1.165, 1.54) is 17.4 Å². The topological polar surface area (TPSA) is 92.2 Å². The predicted octanol–water partition coefficient (Wildman–Crippen LogP) is 1.39. The number of hydrogen-bond donors (Lipinski definition) is 2. The molecule has 0 saturated carbocycles. The summed E-state index contributed by atoms with van der Waals surface area (Å²) in [4.78, 5) is 0.0470. The van der Waals surface area contributed by atoms with E-state index in [-0.39, 0.29) is 16.6 Å². The van der Waals surface area contributed by atoms with E-state index in [0.29, 0.717) is 12.0 Å². The first-order chi connectivity index (χ1) is 9.06. The van der Waals surface area contributed by atoms with Gasteiger partial charge in [0.15, 0.2) is 0 Å². The molecule has 0 aliphatic carbocycles. The van der Waals surface area contributed by atoms with Crippen LogP contribution >= 0.6 is 11.3 Å². The first-order valence-electron chi connectivity index (χ1n) is 5.60. The van der Waals surface area contributed by atoms with E-state index in [0.717, 1.165) is 5.01 Å². The summed E-state index contributed by atoms with van der Waals surface area (Å²) in [5.74, 6) is 0. The zero-order chi connectivity index (χ0) is 13.9. The van der Waals surface area contributed by atoms with Crippen molar-refractivity contribution in [2.24, 2.45) is 0 Å². The first kappa shape index (κ1) is 13.9. The fourth-order valence-corrected chi connectivity index (χ4v) is 3.65. The number of benzene rings is 1. The van der Waals surface area contributed by atoms with Crippen molar-refractivity contribution in [3.8, 4) is 0 Å². The van der Waals surface area contributed by atoms with Crippen molar-refractivity contribution in [3.63, 3.8) is 0 Å². The molecule has 2 aromatic rings. The van der Waals surface area contributed by atoms with Crippen molar-refractivity contribution < 1.29 is 13.5 Å². The molecular formula is C11H13N3O3S2. The van der Waals surface area contributed by atoms with Gasteiger partial charge in [0.2, 0.25) is 5.13 Å². The van der Waals surface area contributed by atoms with Crippen LogP contribution in [0.3, 0.4) is 0 Å². The third kappa shape index (κ3) is 3.09. The minimum absolute atomic E-state index is 0.0470. The third-order valence-corrected chi connectivity index (χ3v) is 4.98. The molecule has 0 aliphatic rings. The second-order valence-corrected chi connectivity index (χ2v) is 6.44. The maximum Gasteiger partial charge on any atom is 0.264 e. The Hall–Kier alpha value is -1.51. The van der Waals surface area contributed by atoms with Gasteiger partial charge in [-0.1, -0.05) is 36.5 Å². The van der Waals surface area contributed by atoms with Gasteiger partial charge >= 0.3 is 0 Å². The summed E-state index contributed by atoms with van der Waals surface area (Å²) in [5.41, 5.74) is 0.343. The fourth-order valence-electron chi connectivity index (χ4n) is 1.50. The standard InChI is InChI=1S/C11H13N3O3S2/c1-2-10-12-13-11(18-10)14-19(16,17)9-6-4-3-5-8(9)7-15/h3-6,15H,2,7H2,1H3,(H,13,14). The van der Waals surface area contributed by atoms with Crippen molar-refractivity contribution >= 4 is 26.5 Å². The number of rotatable bonds is 5. The van der Waals surface area contributed by atoms with Crippen LogP contribution in [-0.4, -0.2) is 23.7 Å². The highest BCUT2D eigenvalue weighted by atomic mass is 32.2. The highest BCUT2D eigenvalue weighted by Crippen LogP contribution is 2.22. The quantitative estimate of drug-likeness (QED) is 0.870. The van der Waals surface area contributed by atoms with Crippen LogP contribution < -0.4 is 4.72 Å². The van der Waals surface area contributed by atoms with E-state index in [4.69, 9.17) is 0 Å². The molecule has 19 heavy (non-hydrogen) atoms. The molecule has 0 aliphatic heterocycles. The van der Waals surface area contributed by atoms with Crippen molar-refractivity contribution in [3.05, 3.63) is 34.8 Å². The molecule has 0 saturated heterocycles. The average molecular weight is 299 g/mol. The number of aryl methyl sites for hydroxylation is 1. The number of sulfonamides is 1. The van der Waals surface area contributed by atoms with Gasteiger partial charge in [-0.2, -0.15) is 0 Å². The van der Waals surface area contributed by atoms with Crippen LogP contribution in [0.4, 0.5) is 5.13 Å². The Bertz CT molecular complexity index is 667. The van der Waals surface area contributed by atoms with E-state index >= 15 is 0 Å². The van der Waals surface area contributed by atoms with E-state index in [9.17, 15) is 13.5 Å². The van der Waals surface area contributed by atoms with Crippen molar-refractivity contribution in [1.29, 1.82) is 0 Å². The van der Waals surface area contributed by atoms with Crippen LogP contribution in [0.25, 0.3) is 0 Å². The summed E-state index contributed by atoms with van der Waals surface area (Å²) in [7, 11) is -3.75. The summed E-state index contributed by atoms with van der Waals surface area (Å²) in [6.07, 6.45) is 0.701. The Morgan fingerprint density at radius 1 is 1.32 bits per heavy atom. The van der Waals surface area contributed by atoms with Crippen molar-refractivity contribution in [1.82, 2.24) is 10.2 Å². The second-order valence-electron chi connectivity index (χ2n) is 3.73. The van der Waals surface area contributed by atoms with Crippen LogP contribution in [0.2, 0.25) is 0 Å². The Morgan fingerprint density at radius 2 is 2.05 bits per heavy atom. The van der Waals surface area contributed by atoms with Gasteiger partial charge in [-0.25, -0.2) is 8.42 Å². The van der Waals surface area contributed by atoms with E-state index in [1.54, 1.807) is 18.2 Å². The van der Waals surface area contributed by atoms with Gasteiger partial charge < -0.3 is 5.11 Å². The second kappa shape index (κ2) is 5.64. The molecule has 1 heterocycles. The molecule has 102 valence electrons. The van der Waals surface area contributed by atoms with E-state index in [2.05, 4.69) is 14.9 Å². The third-order valence-electron chi connectivity index (χ3n) is 2.42. The highest BCUT2D eigenvalue weighted by Gasteiger charge is 2.19. The van der Waals surface area contributed by atoms with Crippen LogP contribution in [-0.2, 0) is 23.1 Å². The van der Waals surface area contributed by atoms with Gasteiger partial charge in [0, 0.05) is 0 Å². The SMILES string of the molecule is CCc1nnc(NS(=O)(=O)c2ccccc2CO)s1. The summed E-state index contributed by atoms with van der Waals surface area (Å²) in [5, 5.41) is 17.8. The number of aliphatic hydroxyl groups excluding tert-OH is 1. The molecular weight excluding hydrogens is 286 g/mol. The van der Waals surface area contributed by atoms with E-state index < -0.39 is 10.0 Å². The molecule has 0 bridgehead atoms. The van der Waals surface area contributed by atoms with Gasteiger partial charge in [0.05, 0.1) is 11.5 Å². The van der Waals surface area contributed by atoms with Crippen LogP contribution in [0.15, 0.2) is 29.2 Å². The molecule has 1 aromatic carbocycles. The maximum absolute atomic E-state index is 12.2. The first-order valence-corrected chi connectivity index (χ1v) is 7.90. The minimum Gasteiger partial charge on any atom is -0.392 e. The molecule has 0 unspecified atom stereocenters. The normalized spacial score (nSPS) is 11.5.